The molecule has 0 atom stereocenters. The fraction of sp³-hybridized carbons (Fsp3) is 0.238. The average Bonchev–Trinajstić information content (AvgIpc) is 3.03. The Bertz CT molecular complexity index is 1320. The first kappa shape index (κ1) is 19.6. The average molecular weight is 426 g/mol. The Labute approximate surface area is 175 Å². The Hall–Kier alpha value is -2.71. The molecule has 0 radical (unpaired) electrons. The van der Waals surface area contributed by atoms with Crippen molar-refractivity contribution >= 4 is 50.0 Å². The number of ether oxygens (including phenoxy) is 1. The third kappa shape index (κ3) is 3.65. The van der Waals surface area contributed by atoms with Crippen molar-refractivity contribution in [1.29, 1.82) is 0 Å². The lowest BCUT2D eigenvalue weighted by molar-refractivity contribution is 0.102. The first-order chi connectivity index (χ1) is 13.9. The molecule has 6 nitrogen and oxygen atoms in total. The molecule has 1 aromatic carbocycles. The van der Waals surface area contributed by atoms with Crippen LogP contribution in [0.5, 0.6) is 5.75 Å². The van der Waals surface area contributed by atoms with Gasteiger partial charge in [0, 0.05) is 11.5 Å². The summed E-state index contributed by atoms with van der Waals surface area (Å²) < 4.78 is 5.29. The summed E-state index contributed by atoms with van der Waals surface area (Å²) in [5.74, 6) is 1.75. The molecule has 29 heavy (non-hydrogen) atoms. The number of benzene rings is 1. The SMILES string of the molecule is COc1ccc2c(C)cc(SCc3nc4sc(C(C)=O)c(C)c4c(=O)[nH]3)nc2c1. The number of aryl methyl sites for hydroxylation is 2. The lowest BCUT2D eigenvalue weighted by Crippen LogP contribution is -2.11. The number of Topliss-reactive ketones (excluding diaryl/α,β-unsaturated/α-hetero) is 1. The number of ketones is 1. The topological polar surface area (TPSA) is 84.9 Å². The van der Waals surface area contributed by atoms with Crippen molar-refractivity contribution in [2.75, 3.05) is 7.11 Å². The fourth-order valence-electron chi connectivity index (χ4n) is 3.29. The van der Waals surface area contributed by atoms with E-state index in [0.717, 1.165) is 27.2 Å². The van der Waals surface area contributed by atoms with Crippen LogP contribution in [0.2, 0.25) is 0 Å². The minimum atomic E-state index is -0.209. The summed E-state index contributed by atoms with van der Waals surface area (Å²) in [7, 11) is 1.63. The Morgan fingerprint density at radius 2 is 2.03 bits per heavy atom. The number of thioether (sulfide) groups is 1. The van der Waals surface area contributed by atoms with E-state index in [0.29, 0.717) is 32.2 Å². The molecule has 0 unspecified atom stereocenters. The quantitative estimate of drug-likeness (QED) is 0.370. The van der Waals surface area contributed by atoms with Gasteiger partial charge in [-0.15, -0.1) is 11.3 Å². The molecule has 0 spiro atoms. The summed E-state index contributed by atoms with van der Waals surface area (Å²) in [5.41, 5.74) is 2.48. The van der Waals surface area contributed by atoms with Crippen LogP contribution in [0.4, 0.5) is 0 Å². The van der Waals surface area contributed by atoms with Gasteiger partial charge in [-0.25, -0.2) is 9.97 Å². The molecule has 0 saturated heterocycles. The first-order valence-electron chi connectivity index (χ1n) is 8.99. The zero-order chi connectivity index (χ0) is 20.7. The minimum Gasteiger partial charge on any atom is -0.497 e. The number of aromatic nitrogens is 3. The van der Waals surface area contributed by atoms with Gasteiger partial charge in [0.05, 0.1) is 33.7 Å². The van der Waals surface area contributed by atoms with Crippen LogP contribution >= 0.6 is 23.1 Å². The third-order valence-corrected chi connectivity index (χ3v) is 6.94. The number of nitrogens with one attached hydrogen (secondary N) is 1. The van der Waals surface area contributed by atoms with Gasteiger partial charge in [-0.2, -0.15) is 0 Å². The molecule has 1 N–H and O–H groups in total. The molecule has 3 heterocycles. The van der Waals surface area contributed by atoms with Crippen LogP contribution in [0.25, 0.3) is 21.1 Å². The predicted octanol–water partition coefficient (Wildman–Crippen LogP) is 4.65. The lowest BCUT2D eigenvalue weighted by Gasteiger charge is -2.08. The summed E-state index contributed by atoms with van der Waals surface area (Å²) >= 11 is 2.77. The number of hydrogen-bond donors (Lipinski definition) is 1. The Balaban J connectivity index is 1.66. The van der Waals surface area contributed by atoms with Gasteiger partial charge in [-0.1, -0.05) is 11.8 Å². The number of carbonyl (C=O) groups excluding carboxylic acids is 1. The smallest absolute Gasteiger partial charge is 0.259 e. The summed E-state index contributed by atoms with van der Waals surface area (Å²) in [6, 6.07) is 7.87. The Morgan fingerprint density at radius 3 is 2.76 bits per heavy atom. The summed E-state index contributed by atoms with van der Waals surface area (Å²) in [5, 5.41) is 2.42. The fourth-order valence-corrected chi connectivity index (χ4v) is 5.23. The number of methoxy groups -OCH3 is 1. The molecule has 4 aromatic rings. The molecular weight excluding hydrogens is 406 g/mol. The van der Waals surface area contributed by atoms with Crippen LogP contribution in [0, 0.1) is 13.8 Å². The highest BCUT2D eigenvalue weighted by atomic mass is 32.2. The van der Waals surface area contributed by atoms with Crippen LogP contribution in [-0.4, -0.2) is 27.8 Å². The van der Waals surface area contributed by atoms with Crippen molar-refractivity contribution in [2.24, 2.45) is 0 Å². The lowest BCUT2D eigenvalue weighted by atomic mass is 10.1. The van der Waals surface area contributed by atoms with Gasteiger partial charge in [0.2, 0.25) is 0 Å². The van der Waals surface area contributed by atoms with Crippen molar-refractivity contribution in [3.8, 4) is 5.75 Å². The highest BCUT2D eigenvalue weighted by Crippen LogP contribution is 2.30. The van der Waals surface area contributed by atoms with Crippen LogP contribution < -0.4 is 10.3 Å². The molecule has 8 heteroatoms. The van der Waals surface area contributed by atoms with E-state index >= 15 is 0 Å². The second-order valence-electron chi connectivity index (χ2n) is 6.75. The number of aromatic amines is 1. The number of hydrogen-bond acceptors (Lipinski definition) is 7. The van der Waals surface area contributed by atoms with Gasteiger partial charge >= 0.3 is 0 Å². The minimum absolute atomic E-state index is 0.0490. The van der Waals surface area contributed by atoms with Crippen LogP contribution in [0.15, 0.2) is 34.1 Å². The summed E-state index contributed by atoms with van der Waals surface area (Å²) in [6.45, 7) is 5.34. The highest BCUT2D eigenvalue weighted by molar-refractivity contribution is 7.98. The van der Waals surface area contributed by atoms with E-state index in [1.165, 1.54) is 30.0 Å². The van der Waals surface area contributed by atoms with E-state index in [2.05, 4.69) is 9.97 Å². The third-order valence-electron chi connectivity index (χ3n) is 4.73. The molecular formula is C21H19N3O3S2. The van der Waals surface area contributed by atoms with Gasteiger partial charge in [-0.05, 0) is 50.1 Å². The molecule has 0 fully saturated rings. The van der Waals surface area contributed by atoms with Crippen LogP contribution in [0.3, 0.4) is 0 Å². The molecule has 0 bridgehead atoms. The number of rotatable bonds is 5. The van der Waals surface area contributed by atoms with E-state index in [1.54, 1.807) is 14.0 Å². The molecule has 0 aliphatic carbocycles. The van der Waals surface area contributed by atoms with Gasteiger partial charge in [-0.3, -0.25) is 9.59 Å². The second kappa shape index (κ2) is 7.61. The van der Waals surface area contributed by atoms with Crippen molar-refractivity contribution in [2.45, 2.75) is 31.6 Å². The molecule has 148 valence electrons. The van der Waals surface area contributed by atoms with E-state index in [-0.39, 0.29) is 11.3 Å². The number of thiophene rings is 1. The highest BCUT2D eigenvalue weighted by Gasteiger charge is 2.17. The van der Waals surface area contributed by atoms with E-state index in [1.807, 2.05) is 31.2 Å². The largest absolute Gasteiger partial charge is 0.497 e. The zero-order valence-corrected chi connectivity index (χ0v) is 18.1. The first-order valence-corrected chi connectivity index (χ1v) is 10.8. The number of fused-ring (bicyclic) bond motifs is 2. The summed E-state index contributed by atoms with van der Waals surface area (Å²) in [6.07, 6.45) is 0. The van der Waals surface area contributed by atoms with Gasteiger partial charge in [0.25, 0.3) is 5.56 Å². The van der Waals surface area contributed by atoms with E-state index in [9.17, 15) is 9.59 Å². The van der Waals surface area contributed by atoms with Gasteiger partial charge < -0.3 is 9.72 Å². The molecule has 4 rings (SSSR count). The molecule has 3 aromatic heterocycles. The zero-order valence-electron chi connectivity index (χ0n) is 16.5. The van der Waals surface area contributed by atoms with E-state index < -0.39 is 0 Å². The number of pyridine rings is 1. The van der Waals surface area contributed by atoms with E-state index in [4.69, 9.17) is 9.72 Å². The number of H-pyrrole nitrogens is 1. The van der Waals surface area contributed by atoms with Crippen molar-refractivity contribution in [3.63, 3.8) is 0 Å². The molecule has 0 aliphatic rings. The maximum Gasteiger partial charge on any atom is 0.259 e. The van der Waals surface area contributed by atoms with Gasteiger partial charge in [0.1, 0.15) is 16.4 Å². The van der Waals surface area contributed by atoms with Gasteiger partial charge in [0.15, 0.2) is 5.78 Å². The monoisotopic (exact) mass is 425 g/mol. The summed E-state index contributed by atoms with van der Waals surface area (Å²) in [4.78, 5) is 37.6. The maximum absolute atomic E-state index is 12.5. The van der Waals surface area contributed by atoms with Crippen LogP contribution in [0.1, 0.15) is 33.5 Å². The maximum atomic E-state index is 12.5. The van der Waals surface area contributed by atoms with Crippen molar-refractivity contribution < 1.29 is 9.53 Å². The van der Waals surface area contributed by atoms with Crippen molar-refractivity contribution in [1.82, 2.24) is 15.0 Å². The molecule has 0 amide bonds. The Morgan fingerprint density at radius 1 is 1.24 bits per heavy atom. The van der Waals surface area contributed by atoms with Crippen molar-refractivity contribution in [3.05, 3.63) is 56.4 Å². The normalized spacial score (nSPS) is 11.3. The molecule has 0 saturated carbocycles. The second-order valence-corrected chi connectivity index (χ2v) is 8.75. The Kier molecular flexibility index (Phi) is 5.14. The van der Waals surface area contributed by atoms with Crippen LogP contribution in [-0.2, 0) is 5.75 Å². The predicted molar refractivity (Wildman–Crippen MR) is 118 cm³/mol. The number of nitrogens with zero attached hydrogens (tertiary/aromatic N) is 2. The standard InChI is InChI=1S/C21H19N3O3S2/c1-10-7-17(22-15-8-13(27-4)5-6-14(10)15)28-9-16-23-20(26)18-11(2)19(12(3)25)29-21(18)24-16/h5-8H,9H2,1-4H3,(H,23,24,26). The molecule has 0 aliphatic heterocycles. The number of carbonyl (C=O) groups is 1.